The zero-order valence-electron chi connectivity index (χ0n) is 14.6. The first kappa shape index (κ1) is 17.2. The maximum absolute atomic E-state index is 12.4. The number of benzene rings is 3. The van der Waals surface area contributed by atoms with Crippen LogP contribution in [0.5, 0.6) is 5.75 Å². The predicted molar refractivity (Wildman–Crippen MR) is 109 cm³/mol. The van der Waals surface area contributed by atoms with E-state index in [0.29, 0.717) is 22.0 Å². The summed E-state index contributed by atoms with van der Waals surface area (Å²) in [5, 5.41) is 8.46. The number of anilines is 2. The first-order valence-corrected chi connectivity index (χ1v) is 8.80. The van der Waals surface area contributed by atoms with Gasteiger partial charge in [0.25, 0.3) is 0 Å². The normalized spacial score (nSPS) is 10.9. The zero-order chi connectivity index (χ0) is 18.8. The highest BCUT2D eigenvalue weighted by molar-refractivity contribution is 6.30. The van der Waals surface area contributed by atoms with Crippen molar-refractivity contribution in [3.8, 4) is 5.75 Å². The highest BCUT2D eigenvalue weighted by atomic mass is 35.5. The second-order valence-electron chi connectivity index (χ2n) is 6.06. The number of methoxy groups -OCH3 is 1. The Morgan fingerprint density at radius 2 is 1.89 bits per heavy atom. The van der Waals surface area contributed by atoms with Gasteiger partial charge in [-0.15, -0.1) is 0 Å². The van der Waals surface area contributed by atoms with Gasteiger partial charge in [-0.2, -0.15) is 0 Å². The van der Waals surface area contributed by atoms with Gasteiger partial charge in [0.15, 0.2) is 0 Å². The lowest BCUT2D eigenvalue weighted by Gasteiger charge is -2.11. The molecule has 0 spiro atoms. The van der Waals surface area contributed by atoms with Gasteiger partial charge in [0.05, 0.1) is 19.3 Å². The largest absolute Gasteiger partial charge is 0.495 e. The van der Waals surface area contributed by atoms with E-state index in [1.807, 2.05) is 42.5 Å². The van der Waals surface area contributed by atoms with Crippen molar-refractivity contribution in [2.75, 3.05) is 24.3 Å². The van der Waals surface area contributed by atoms with Gasteiger partial charge < -0.3 is 19.8 Å². The van der Waals surface area contributed by atoms with E-state index < -0.39 is 0 Å². The summed E-state index contributed by atoms with van der Waals surface area (Å²) in [6.45, 7) is 0.0989. The summed E-state index contributed by atoms with van der Waals surface area (Å²) in [5.74, 6) is 0.369. The number of carbonyl (C=O) groups is 1. The lowest BCUT2D eigenvalue weighted by Crippen LogP contribution is -2.22. The van der Waals surface area contributed by atoms with Crippen molar-refractivity contribution in [1.82, 2.24) is 0 Å². The number of furan rings is 1. The summed E-state index contributed by atoms with van der Waals surface area (Å²) in [6.07, 6.45) is 0. The van der Waals surface area contributed by atoms with E-state index >= 15 is 0 Å². The van der Waals surface area contributed by atoms with E-state index in [4.69, 9.17) is 20.8 Å². The van der Waals surface area contributed by atoms with Crippen LogP contribution in [0, 0.1) is 0 Å². The average molecular weight is 381 g/mol. The summed E-state index contributed by atoms with van der Waals surface area (Å²) in [6, 6.07) is 18.7. The van der Waals surface area contributed by atoms with E-state index in [2.05, 4.69) is 10.6 Å². The second kappa shape index (κ2) is 7.21. The van der Waals surface area contributed by atoms with Crippen LogP contribution in [0.15, 0.2) is 65.1 Å². The van der Waals surface area contributed by atoms with Gasteiger partial charge in [0.1, 0.15) is 16.9 Å². The molecular formula is C21H17ClN2O3. The maximum atomic E-state index is 12.4. The predicted octanol–water partition coefficient (Wildman–Crippen LogP) is 5.30. The Kier molecular flexibility index (Phi) is 4.60. The van der Waals surface area contributed by atoms with E-state index in [1.165, 1.54) is 0 Å². The third kappa shape index (κ3) is 3.55. The molecule has 1 heterocycles. The summed E-state index contributed by atoms with van der Waals surface area (Å²) >= 11 is 5.95. The van der Waals surface area contributed by atoms with Gasteiger partial charge in [-0.05, 0) is 30.3 Å². The zero-order valence-corrected chi connectivity index (χ0v) is 15.3. The lowest BCUT2D eigenvalue weighted by atomic mass is 10.1. The quantitative estimate of drug-likeness (QED) is 0.493. The van der Waals surface area contributed by atoms with Gasteiger partial charge in [-0.3, -0.25) is 4.79 Å². The van der Waals surface area contributed by atoms with Crippen LogP contribution < -0.4 is 15.4 Å². The molecule has 0 atom stereocenters. The van der Waals surface area contributed by atoms with Crippen LogP contribution in [0.1, 0.15) is 0 Å². The number of ether oxygens (including phenoxy) is 1. The van der Waals surface area contributed by atoms with E-state index in [9.17, 15) is 4.79 Å². The molecule has 27 heavy (non-hydrogen) atoms. The first-order valence-electron chi connectivity index (χ1n) is 8.42. The van der Waals surface area contributed by atoms with Crippen molar-refractivity contribution in [2.24, 2.45) is 0 Å². The SMILES string of the molecule is COc1cc2c(cc1NC(=O)CNc1cccc(Cl)c1)oc1ccccc12. The molecule has 3 aromatic carbocycles. The Morgan fingerprint density at radius 1 is 1.04 bits per heavy atom. The molecule has 1 amide bonds. The molecule has 0 saturated carbocycles. The van der Waals surface area contributed by atoms with E-state index in [0.717, 1.165) is 22.0 Å². The Hall–Kier alpha value is -3.18. The summed E-state index contributed by atoms with van der Waals surface area (Å²) in [7, 11) is 1.57. The van der Waals surface area contributed by atoms with Crippen molar-refractivity contribution in [3.05, 3.63) is 65.7 Å². The molecule has 0 unspecified atom stereocenters. The standard InChI is InChI=1S/C21H17ClN2O3/c1-26-20-10-16-15-7-2-3-8-18(15)27-19(16)11-17(20)24-21(25)12-23-14-6-4-5-13(22)9-14/h2-11,23H,12H2,1H3,(H,24,25). The topological polar surface area (TPSA) is 63.5 Å². The Balaban J connectivity index is 1.57. The monoisotopic (exact) mass is 380 g/mol. The van der Waals surface area contributed by atoms with Crippen LogP contribution in [0.4, 0.5) is 11.4 Å². The number of amides is 1. The van der Waals surface area contributed by atoms with E-state index in [-0.39, 0.29) is 12.5 Å². The molecule has 2 N–H and O–H groups in total. The fraction of sp³-hybridized carbons (Fsp3) is 0.0952. The smallest absolute Gasteiger partial charge is 0.243 e. The molecule has 1 aromatic heterocycles. The molecule has 4 rings (SSSR count). The van der Waals surface area contributed by atoms with Crippen LogP contribution in [0.25, 0.3) is 21.9 Å². The molecule has 0 aliphatic rings. The third-order valence-electron chi connectivity index (χ3n) is 4.25. The van der Waals surface area contributed by atoms with Gasteiger partial charge in [0, 0.05) is 27.5 Å². The first-order chi connectivity index (χ1) is 13.1. The van der Waals surface area contributed by atoms with Crippen molar-refractivity contribution >= 4 is 50.8 Å². The summed E-state index contributed by atoms with van der Waals surface area (Å²) in [5.41, 5.74) is 2.81. The fourth-order valence-corrected chi connectivity index (χ4v) is 3.18. The molecule has 6 heteroatoms. The Bertz CT molecular complexity index is 1140. The van der Waals surface area contributed by atoms with Crippen LogP contribution >= 0.6 is 11.6 Å². The minimum atomic E-state index is -0.205. The van der Waals surface area contributed by atoms with Crippen molar-refractivity contribution in [3.63, 3.8) is 0 Å². The van der Waals surface area contributed by atoms with Crippen LogP contribution in [0.2, 0.25) is 5.02 Å². The van der Waals surface area contributed by atoms with Crippen LogP contribution in [0.3, 0.4) is 0 Å². The van der Waals surface area contributed by atoms with Crippen molar-refractivity contribution < 1.29 is 13.9 Å². The number of halogens is 1. The van der Waals surface area contributed by atoms with Crippen molar-refractivity contribution in [1.29, 1.82) is 0 Å². The molecule has 0 radical (unpaired) electrons. The number of hydrogen-bond donors (Lipinski definition) is 2. The van der Waals surface area contributed by atoms with Crippen LogP contribution in [-0.4, -0.2) is 19.6 Å². The lowest BCUT2D eigenvalue weighted by molar-refractivity contribution is -0.114. The fourth-order valence-electron chi connectivity index (χ4n) is 2.99. The summed E-state index contributed by atoms with van der Waals surface area (Å²) < 4.78 is 11.3. The van der Waals surface area contributed by atoms with Gasteiger partial charge in [-0.25, -0.2) is 0 Å². The average Bonchev–Trinajstić information content (AvgIpc) is 3.03. The van der Waals surface area contributed by atoms with Gasteiger partial charge >= 0.3 is 0 Å². The maximum Gasteiger partial charge on any atom is 0.243 e. The van der Waals surface area contributed by atoms with Crippen LogP contribution in [-0.2, 0) is 4.79 Å². The number of para-hydroxylation sites is 1. The number of rotatable bonds is 5. The third-order valence-corrected chi connectivity index (χ3v) is 4.49. The van der Waals surface area contributed by atoms with Crippen molar-refractivity contribution in [2.45, 2.75) is 0 Å². The number of carbonyl (C=O) groups excluding carboxylic acids is 1. The van der Waals surface area contributed by atoms with Gasteiger partial charge in [-0.1, -0.05) is 35.9 Å². The second-order valence-corrected chi connectivity index (χ2v) is 6.50. The minimum Gasteiger partial charge on any atom is -0.495 e. The molecule has 0 fully saturated rings. The molecule has 0 aliphatic heterocycles. The molecular weight excluding hydrogens is 364 g/mol. The number of nitrogens with one attached hydrogen (secondary N) is 2. The van der Waals surface area contributed by atoms with E-state index in [1.54, 1.807) is 25.3 Å². The molecule has 5 nitrogen and oxygen atoms in total. The summed E-state index contributed by atoms with van der Waals surface area (Å²) in [4.78, 5) is 12.4. The molecule has 0 aliphatic carbocycles. The minimum absolute atomic E-state index is 0.0989. The molecule has 4 aromatic rings. The molecule has 0 bridgehead atoms. The Morgan fingerprint density at radius 3 is 2.70 bits per heavy atom. The highest BCUT2D eigenvalue weighted by Crippen LogP contribution is 2.36. The molecule has 136 valence electrons. The molecule has 0 saturated heterocycles. The Labute approximate surface area is 160 Å². The number of hydrogen-bond acceptors (Lipinski definition) is 4. The van der Waals surface area contributed by atoms with Gasteiger partial charge in [0.2, 0.25) is 5.91 Å². The highest BCUT2D eigenvalue weighted by Gasteiger charge is 2.14. The number of fused-ring (bicyclic) bond motifs is 3.